The van der Waals surface area contributed by atoms with E-state index in [2.05, 4.69) is 10.6 Å². The zero-order valence-electron chi connectivity index (χ0n) is 10.1. The second-order valence-corrected chi connectivity index (χ2v) is 4.44. The van der Waals surface area contributed by atoms with Crippen molar-refractivity contribution in [2.24, 2.45) is 0 Å². The molecule has 1 heterocycles. The van der Waals surface area contributed by atoms with E-state index >= 15 is 0 Å². The highest BCUT2D eigenvalue weighted by Gasteiger charge is 2.11. The minimum absolute atomic E-state index is 0.143. The third-order valence-corrected chi connectivity index (χ3v) is 2.94. The van der Waals surface area contributed by atoms with Crippen molar-refractivity contribution >= 4 is 0 Å². The molecule has 0 saturated carbocycles. The van der Waals surface area contributed by atoms with Gasteiger partial charge in [-0.25, -0.2) is 4.39 Å². The van der Waals surface area contributed by atoms with Crippen LogP contribution in [0.2, 0.25) is 0 Å². The first-order chi connectivity index (χ1) is 8.25. The Hall–Kier alpha value is -0.970. The van der Waals surface area contributed by atoms with Crippen LogP contribution in [0.1, 0.15) is 11.1 Å². The Balaban J connectivity index is 1.75. The Morgan fingerprint density at radius 3 is 3.12 bits per heavy atom. The lowest BCUT2D eigenvalue weighted by Gasteiger charge is -2.24. The highest BCUT2D eigenvalue weighted by Crippen LogP contribution is 2.08. The minimum atomic E-state index is -0.143. The van der Waals surface area contributed by atoms with Crippen molar-refractivity contribution in [2.45, 2.75) is 19.5 Å². The number of nitrogens with one attached hydrogen (secondary N) is 2. The molecule has 1 aromatic rings. The number of hydrogen-bond donors (Lipinski definition) is 2. The molecule has 0 aromatic heterocycles. The largest absolute Gasteiger partial charge is 0.378 e. The van der Waals surface area contributed by atoms with Crippen LogP contribution in [0, 0.1) is 12.7 Å². The topological polar surface area (TPSA) is 33.3 Å². The molecule has 1 aliphatic heterocycles. The summed E-state index contributed by atoms with van der Waals surface area (Å²) in [6, 6.07) is 5.60. The van der Waals surface area contributed by atoms with E-state index in [-0.39, 0.29) is 5.82 Å². The molecule has 0 bridgehead atoms. The molecule has 94 valence electrons. The van der Waals surface area contributed by atoms with Gasteiger partial charge in [0.05, 0.1) is 13.2 Å². The Labute approximate surface area is 101 Å². The van der Waals surface area contributed by atoms with Gasteiger partial charge in [0.15, 0.2) is 0 Å². The van der Waals surface area contributed by atoms with Crippen LogP contribution in [0.3, 0.4) is 0 Å². The van der Waals surface area contributed by atoms with E-state index in [1.807, 2.05) is 12.1 Å². The highest BCUT2D eigenvalue weighted by atomic mass is 19.1. The van der Waals surface area contributed by atoms with Gasteiger partial charge in [0, 0.05) is 25.7 Å². The quantitative estimate of drug-likeness (QED) is 0.827. The summed E-state index contributed by atoms with van der Waals surface area (Å²) in [6.45, 7) is 5.90. The molecule has 0 aliphatic carbocycles. The number of rotatable bonds is 4. The predicted octanol–water partition coefficient (Wildman–Crippen LogP) is 1.21. The van der Waals surface area contributed by atoms with Gasteiger partial charge in [-0.1, -0.05) is 12.1 Å². The Bertz CT molecular complexity index is 364. The van der Waals surface area contributed by atoms with Gasteiger partial charge in [0.25, 0.3) is 0 Å². The molecule has 0 radical (unpaired) electrons. The average molecular weight is 238 g/mol. The second kappa shape index (κ2) is 6.10. The molecule has 1 fully saturated rings. The van der Waals surface area contributed by atoms with E-state index in [0.29, 0.717) is 11.6 Å². The third-order valence-electron chi connectivity index (χ3n) is 2.94. The molecular formula is C13H19FN2O. The Kier molecular flexibility index (Phi) is 4.48. The molecule has 4 heteroatoms. The van der Waals surface area contributed by atoms with Gasteiger partial charge in [-0.05, 0) is 24.1 Å². The number of aryl methyl sites for hydroxylation is 1. The molecule has 2 rings (SSSR count). The van der Waals surface area contributed by atoms with Crippen LogP contribution >= 0.6 is 0 Å². The maximum absolute atomic E-state index is 13.1. The first-order valence-corrected chi connectivity index (χ1v) is 6.02. The predicted molar refractivity (Wildman–Crippen MR) is 65.5 cm³/mol. The summed E-state index contributed by atoms with van der Waals surface area (Å²) in [5.74, 6) is -0.143. The summed E-state index contributed by atoms with van der Waals surface area (Å²) in [4.78, 5) is 0. The summed E-state index contributed by atoms with van der Waals surface area (Å²) in [5, 5.41) is 6.73. The lowest BCUT2D eigenvalue weighted by Crippen LogP contribution is -2.47. The Morgan fingerprint density at radius 1 is 1.53 bits per heavy atom. The van der Waals surface area contributed by atoms with Gasteiger partial charge >= 0.3 is 0 Å². The van der Waals surface area contributed by atoms with Crippen LogP contribution in [0.15, 0.2) is 18.2 Å². The van der Waals surface area contributed by atoms with Crippen molar-refractivity contribution < 1.29 is 9.13 Å². The molecule has 2 N–H and O–H groups in total. The highest BCUT2D eigenvalue weighted by molar-refractivity contribution is 5.23. The van der Waals surface area contributed by atoms with E-state index in [0.717, 1.165) is 38.4 Å². The molecule has 0 spiro atoms. The van der Waals surface area contributed by atoms with E-state index in [1.54, 1.807) is 6.92 Å². The van der Waals surface area contributed by atoms with Crippen LogP contribution in [-0.4, -0.2) is 32.3 Å². The van der Waals surface area contributed by atoms with Crippen molar-refractivity contribution in [1.29, 1.82) is 0 Å². The first kappa shape index (κ1) is 12.5. The van der Waals surface area contributed by atoms with Crippen molar-refractivity contribution in [3.8, 4) is 0 Å². The normalized spacial score (nSPS) is 20.5. The van der Waals surface area contributed by atoms with E-state index < -0.39 is 0 Å². The zero-order chi connectivity index (χ0) is 12.1. The van der Waals surface area contributed by atoms with Crippen molar-refractivity contribution in [2.75, 3.05) is 26.3 Å². The van der Waals surface area contributed by atoms with E-state index in [9.17, 15) is 4.39 Å². The second-order valence-electron chi connectivity index (χ2n) is 4.44. The van der Waals surface area contributed by atoms with Gasteiger partial charge in [-0.15, -0.1) is 0 Å². The molecule has 1 saturated heterocycles. The first-order valence-electron chi connectivity index (χ1n) is 6.02. The standard InChI is InChI=1S/C13H19FN2O/c1-10-6-11(2-3-13(10)14)7-15-8-12-9-17-5-4-16-12/h2-3,6,12,15-16H,4-5,7-9H2,1H3. The van der Waals surface area contributed by atoms with Gasteiger partial charge in [0.1, 0.15) is 5.82 Å². The van der Waals surface area contributed by atoms with Crippen LogP contribution in [0.4, 0.5) is 4.39 Å². The molecule has 1 unspecified atom stereocenters. The fourth-order valence-corrected chi connectivity index (χ4v) is 1.96. The number of hydrogen-bond acceptors (Lipinski definition) is 3. The van der Waals surface area contributed by atoms with Crippen LogP contribution in [0.5, 0.6) is 0 Å². The fraction of sp³-hybridized carbons (Fsp3) is 0.538. The summed E-state index contributed by atoms with van der Waals surface area (Å²) < 4.78 is 18.4. The summed E-state index contributed by atoms with van der Waals surface area (Å²) in [7, 11) is 0. The Morgan fingerprint density at radius 2 is 2.41 bits per heavy atom. The number of morpholine rings is 1. The SMILES string of the molecule is Cc1cc(CNCC2COCCN2)ccc1F. The lowest BCUT2D eigenvalue weighted by molar-refractivity contribution is 0.0766. The number of halogens is 1. The number of ether oxygens (including phenoxy) is 1. The fourth-order valence-electron chi connectivity index (χ4n) is 1.96. The monoisotopic (exact) mass is 238 g/mol. The van der Waals surface area contributed by atoms with Gasteiger partial charge in [-0.3, -0.25) is 0 Å². The van der Waals surface area contributed by atoms with Gasteiger partial charge < -0.3 is 15.4 Å². The van der Waals surface area contributed by atoms with Crippen LogP contribution in [-0.2, 0) is 11.3 Å². The molecule has 3 nitrogen and oxygen atoms in total. The van der Waals surface area contributed by atoms with Gasteiger partial charge in [0.2, 0.25) is 0 Å². The van der Waals surface area contributed by atoms with E-state index in [1.165, 1.54) is 6.07 Å². The molecule has 1 atom stereocenters. The molecular weight excluding hydrogens is 219 g/mol. The number of benzene rings is 1. The van der Waals surface area contributed by atoms with Gasteiger partial charge in [-0.2, -0.15) is 0 Å². The maximum atomic E-state index is 13.1. The minimum Gasteiger partial charge on any atom is -0.378 e. The molecule has 0 amide bonds. The molecule has 1 aliphatic rings. The van der Waals surface area contributed by atoms with Crippen molar-refractivity contribution in [3.05, 3.63) is 35.1 Å². The third kappa shape index (κ3) is 3.77. The van der Waals surface area contributed by atoms with E-state index in [4.69, 9.17) is 4.74 Å². The van der Waals surface area contributed by atoms with Crippen LogP contribution in [0.25, 0.3) is 0 Å². The summed E-state index contributed by atoms with van der Waals surface area (Å²) in [5.41, 5.74) is 1.81. The zero-order valence-corrected chi connectivity index (χ0v) is 10.1. The van der Waals surface area contributed by atoms with Crippen molar-refractivity contribution in [3.63, 3.8) is 0 Å². The summed E-state index contributed by atoms with van der Waals surface area (Å²) in [6.07, 6.45) is 0. The van der Waals surface area contributed by atoms with Crippen LogP contribution < -0.4 is 10.6 Å². The average Bonchev–Trinajstić information content (AvgIpc) is 2.35. The lowest BCUT2D eigenvalue weighted by atomic mass is 10.1. The smallest absolute Gasteiger partial charge is 0.126 e. The maximum Gasteiger partial charge on any atom is 0.126 e. The van der Waals surface area contributed by atoms with Crippen molar-refractivity contribution in [1.82, 2.24) is 10.6 Å². The molecule has 1 aromatic carbocycles. The summed E-state index contributed by atoms with van der Waals surface area (Å²) >= 11 is 0. The molecule has 17 heavy (non-hydrogen) atoms.